The lowest BCUT2D eigenvalue weighted by Crippen LogP contribution is -2.49. The molecule has 0 saturated carbocycles. The third-order valence-corrected chi connectivity index (χ3v) is 5.91. The van der Waals surface area contributed by atoms with Crippen molar-refractivity contribution in [3.05, 3.63) is 64.7 Å². The topological polar surface area (TPSA) is 65.1 Å². The highest BCUT2D eigenvalue weighted by atomic mass is 16.6. The maximum atomic E-state index is 13.5. The summed E-state index contributed by atoms with van der Waals surface area (Å²) < 4.78 is 16.2. The van der Waals surface area contributed by atoms with Crippen molar-refractivity contribution in [3.63, 3.8) is 0 Å². The summed E-state index contributed by atoms with van der Waals surface area (Å²) in [5, 5.41) is 0. The Morgan fingerprint density at radius 2 is 1.76 bits per heavy atom. The molecule has 2 aromatic carbocycles. The van der Waals surface area contributed by atoms with Crippen LogP contribution in [0.15, 0.2) is 42.5 Å². The van der Waals surface area contributed by atoms with E-state index in [0.717, 1.165) is 48.1 Å². The summed E-state index contributed by atoms with van der Waals surface area (Å²) in [5.74, 6) is 0.411. The average molecular weight is 454 g/mol. The van der Waals surface area contributed by atoms with Gasteiger partial charge in [-0.15, -0.1) is 0 Å². The fraction of sp³-hybridized carbons (Fsp3) is 0.481. The number of benzene rings is 2. The maximum absolute atomic E-state index is 13.5. The van der Waals surface area contributed by atoms with Crippen LogP contribution in [0, 0.1) is 0 Å². The summed E-state index contributed by atoms with van der Waals surface area (Å²) in [6.07, 6.45) is 3.34. The minimum absolute atomic E-state index is 0.00955. The predicted octanol–water partition coefficient (Wildman–Crippen LogP) is 5.92. The van der Waals surface area contributed by atoms with Crippen LogP contribution in [0.1, 0.15) is 80.0 Å². The second kappa shape index (κ2) is 10.3. The molecule has 2 aromatic rings. The Morgan fingerprint density at radius 1 is 1.06 bits per heavy atom. The molecule has 178 valence electrons. The van der Waals surface area contributed by atoms with Crippen molar-refractivity contribution < 1.29 is 23.8 Å². The fourth-order valence-corrected chi connectivity index (χ4v) is 4.37. The molecule has 6 nitrogen and oxygen atoms in total. The summed E-state index contributed by atoms with van der Waals surface area (Å²) >= 11 is 0. The van der Waals surface area contributed by atoms with Gasteiger partial charge in [0.1, 0.15) is 11.4 Å². The third kappa shape index (κ3) is 5.67. The lowest BCUT2D eigenvalue weighted by Gasteiger charge is -2.44. The average Bonchev–Trinajstić information content (AvgIpc) is 2.79. The predicted molar refractivity (Wildman–Crippen MR) is 128 cm³/mol. The Bertz CT molecular complexity index is 977. The lowest BCUT2D eigenvalue weighted by atomic mass is 9.83. The Balaban J connectivity index is 2.13. The van der Waals surface area contributed by atoms with Gasteiger partial charge < -0.3 is 14.2 Å². The molecule has 0 radical (unpaired) electrons. The molecular formula is C27H35NO5. The molecule has 1 heterocycles. The van der Waals surface area contributed by atoms with Gasteiger partial charge in [-0.2, -0.15) is 0 Å². The van der Waals surface area contributed by atoms with Crippen LogP contribution in [0.3, 0.4) is 0 Å². The summed E-state index contributed by atoms with van der Waals surface area (Å²) in [6, 6.07) is 13.0. The van der Waals surface area contributed by atoms with E-state index in [1.807, 2.05) is 49.9 Å². The monoisotopic (exact) mass is 453 g/mol. The molecule has 0 N–H and O–H groups in total. The number of esters is 1. The first kappa shape index (κ1) is 24.6. The van der Waals surface area contributed by atoms with E-state index in [0.29, 0.717) is 5.56 Å². The van der Waals surface area contributed by atoms with Crippen LogP contribution in [0.5, 0.6) is 5.75 Å². The normalized spacial score (nSPS) is 17.8. The highest BCUT2D eigenvalue weighted by Crippen LogP contribution is 2.41. The van der Waals surface area contributed by atoms with E-state index in [1.54, 1.807) is 19.2 Å². The van der Waals surface area contributed by atoms with E-state index in [2.05, 4.69) is 13.0 Å². The largest absolute Gasteiger partial charge is 0.497 e. The Kier molecular flexibility index (Phi) is 7.67. The van der Waals surface area contributed by atoms with Gasteiger partial charge in [0, 0.05) is 6.04 Å². The van der Waals surface area contributed by atoms with Gasteiger partial charge in [0.15, 0.2) is 0 Å². The zero-order chi connectivity index (χ0) is 24.2. The summed E-state index contributed by atoms with van der Waals surface area (Å²) in [6.45, 7) is 7.80. The van der Waals surface area contributed by atoms with Crippen LogP contribution in [0.4, 0.5) is 4.79 Å². The highest BCUT2D eigenvalue weighted by Gasteiger charge is 2.40. The molecule has 0 aromatic heterocycles. The van der Waals surface area contributed by atoms with Crippen molar-refractivity contribution >= 4 is 12.1 Å². The number of methoxy groups -OCH3 is 2. The molecule has 6 heteroatoms. The Labute approximate surface area is 196 Å². The quantitative estimate of drug-likeness (QED) is 0.508. The molecule has 0 bridgehead atoms. The van der Waals surface area contributed by atoms with Gasteiger partial charge >= 0.3 is 12.1 Å². The zero-order valence-corrected chi connectivity index (χ0v) is 20.5. The third-order valence-electron chi connectivity index (χ3n) is 5.91. The van der Waals surface area contributed by atoms with Crippen molar-refractivity contribution in [2.45, 2.75) is 71.1 Å². The van der Waals surface area contributed by atoms with Gasteiger partial charge in [0.2, 0.25) is 0 Å². The van der Waals surface area contributed by atoms with Crippen LogP contribution in [0.2, 0.25) is 0 Å². The van der Waals surface area contributed by atoms with E-state index in [-0.39, 0.29) is 24.1 Å². The molecule has 1 aliphatic rings. The molecule has 0 spiro atoms. The molecular weight excluding hydrogens is 418 g/mol. The van der Waals surface area contributed by atoms with E-state index in [1.165, 1.54) is 7.11 Å². The number of carbonyl (C=O) groups is 2. The van der Waals surface area contributed by atoms with Crippen molar-refractivity contribution in [1.82, 2.24) is 4.90 Å². The van der Waals surface area contributed by atoms with Gasteiger partial charge in [-0.1, -0.05) is 38.0 Å². The number of hydrogen-bond acceptors (Lipinski definition) is 5. The molecule has 33 heavy (non-hydrogen) atoms. The molecule has 1 amide bonds. The van der Waals surface area contributed by atoms with Gasteiger partial charge in [-0.3, -0.25) is 4.90 Å². The van der Waals surface area contributed by atoms with Gasteiger partial charge in [0.25, 0.3) is 0 Å². The van der Waals surface area contributed by atoms with Gasteiger partial charge in [0.05, 0.1) is 25.8 Å². The summed E-state index contributed by atoms with van der Waals surface area (Å²) in [4.78, 5) is 27.4. The van der Waals surface area contributed by atoms with Crippen LogP contribution in [-0.4, -0.2) is 42.8 Å². The van der Waals surface area contributed by atoms with Crippen molar-refractivity contribution in [1.29, 1.82) is 0 Å². The second-order valence-corrected chi connectivity index (χ2v) is 9.47. The summed E-state index contributed by atoms with van der Waals surface area (Å²) in [5.41, 5.74) is 2.99. The number of ether oxygens (including phenoxy) is 3. The molecule has 0 unspecified atom stereocenters. The Morgan fingerprint density at radius 3 is 2.33 bits per heavy atom. The van der Waals surface area contributed by atoms with Crippen LogP contribution < -0.4 is 4.74 Å². The Hall–Kier alpha value is -3.02. The van der Waals surface area contributed by atoms with E-state index in [9.17, 15) is 9.59 Å². The first-order valence-electron chi connectivity index (χ1n) is 11.5. The minimum atomic E-state index is -0.605. The standard InChI is InChI=1S/C27H35NO5/c1-7-8-9-21-16-20-17-22(31-5)14-15-23(20)24(28(21)26(30)33-27(2,3)4)18-10-12-19(13-11-18)25(29)32-6/h10-15,17,21,24H,7-9,16H2,1-6H3/t21-,24-/m0/s1. The number of nitrogens with zero attached hydrogens (tertiary/aromatic N) is 1. The molecule has 3 rings (SSSR count). The van der Waals surface area contributed by atoms with Gasteiger partial charge in [-0.25, -0.2) is 9.59 Å². The first-order chi connectivity index (χ1) is 15.7. The fourth-order valence-electron chi connectivity index (χ4n) is 4.37. The number of amides is 1. The number of rotatable bonds is 6. The number of fused-ring (bicyclic) bond motifs is 1. The van der Waals surface area contributed by atoms with Gasteiger partial charge in [-0.05, 0) is 74.6 Å². The maximum Gasteiger partial charge on any atom is 0.411 e. The molecule has 0 fully saturated rings. The van der Waals surface area contributed by atoms with Crippen LogP contribution in [0.25, 0.3) is 0 Å². The molecule has 0 aliphatic carbocycles. The molecule has 1 aliphatic heterocycles. The lowest BCUT2D eigenvalue weighted by molar-refractivity contribution is 0.00466. The number of hydrogen-bond donors (Lipinski definition) is 0. The summed E-state index contributed by atoms with van der Waals surface area (Å²) in [7, 11) is 3.03. The van der Waals surface area contributed by atoms with Crippen molar-refractivity contribution in [2.24, 2.45) is 0 Å². The van der Waals surface area contributed by atoms with E-state index >= 15 is 0 Å². The first-order valence-corrected chi connectivity index (χ1v) is 11.5. The van der Waals surface area contributed by atoms with E-state index in [4.69, 9.17) is 14.2 Å². The second-order valence-electron chi connectivity index (χ2n) is 9.47. The smallest absolute Gasteiger partial charge is 0.411 e. The number of unbranched alkanes of at least 4 members (excludes halogenated alkanes) is 1. The SMILES string of the molecule is CCCC[C@H]1Cc2cc(OC)ccc2[C@H](c2ccc(C(=O)OC)cc2)N1C(=O)OC(C)(C)C. The zero-order valence-electron chi connectivity index (χ0n) is 20.5. The van der Waals surface area contributed by atoms with Crippen molar-refractivity contribution in [2.75, 3.05) is 14.2 Å². The van der Waals surface area contributed by atoms with Crippen molar-refractivity contribution in [3.8, 4) is 5.75 Å². The number of carbonyl (C=O) groups excluding carboxylic acids is 2. The van der Waals surface area contributed by atoms with E-state index < -0.39 is 5.60 Å². The minimum Gasteiger partial charge on any atom is -0.497 e. The molecule has 0 saturated heterocycles. The molecule has 2 atom stereocenters. The van der Waals surface area contributed by atoms with Crippen LogP contribution in [-0.2, 0) is 15.9 Å². The highest BCUT2D eigenvalue weighted by molar-refractivity contribution is 5.89. The van der Waals surface area contributed by atoms with Crippen LogP contribution >= 0.6 is 0 Å².